The summed E-state index contributed by atoms with van der Waals surface area (Å²) >= 11 is 0. The molecular formula is C31H38F3N3O5. The fourth-order valence-corrected chi connectivity index (χ4v) is 6.69. The Kier molecular flexibility index (Phi) is 8.28. The van der Waals surface area contributed by atoms with Gasteiger partial charge in [-0.3, -0.25) is 9.78 Å². The highest BCUT2D eigenvalue weighted by Crippen LogP contribution is 2.51. The van der Waals surface area contributed by atoms with Crippen molar-refractivity contribution in [3.05, 3.63) is 58.9 Å². The Hall–Kier alpha value is -3.18. The number of halogens is 3. The topological polar surface area (TPSA) is 101 Å². The van der Waals surface area contributed by atoms with Crippen LogP contribution < -0.4 is 10.1 Å². The standard InChI is InChI=1S/C31H38F3N3O5/c1-30(2,3)23-25(36-16-18-15-19(31(32,33)34)11-12-21(18)41-4)26(20-7-5-13-35-24(20)17-9-10-17)37(27(23)29(39)40)28(38)22-8-6-14-42-22/h5,7,11-13,15,17,22-23,25-27,36H,6,8-10,14,16H2,1-4H3,(H,39,40)/t22-,23-,25-,26-,27-/m0/s1. The Labute approximate surface area is 243 Å². The summed E-state index contributed by atoms with van der Waals surface area (Å²) in [4.78, 5) is 33.3. The smallest absolute Gasteiger partial charge is 0.416 e. The average molecular weight is 590 g/mol. The maximum absolute atomic E-state index is 14.1. The molecule has 1 amide bonds. The van der Waals surface area contributed by atoms with Crippen LogP contribution in [0.1, 0.15) is 80.8 Å². The fraction of sp³-hybridized carbons (Fsp3) is 0.581. The van der Waals surface area contributed by atoms with Gasteiger partial charge in [-0.25, -0.2) is 4.79 Å². The van der Waals surface area contributed by atoms with Gasteiger partial charge in [0.1, 0.15) is 17.9 Å². The number of ether oxygens (including phenoxy) is 2. The minimum absolute atomic E-state index is 0.0336. The van der Waals surface area contributed by atoms with Crippen molar-refractivity contribution in [1.29, 1.82) is 0 Å². The van der Waals surface area contributed by atoms with Crippen LogP contribution in [-0.2, 0) is 27.0 Å². The lowest BCUT2D eigenvalue weighted by molar-refractivity contribution is -0.156. The molecule has 3 heterocycles. The lowest BCUT2D eigenvalue weighted by atomic mass is 9.72. The molecule has 5 rings (SSSR count). The summed E-state index contributed by atoms with van der Waals surface area (Å²) in [6, 6.07) is 4.43. The van der Waals surface area contributed by atoms with Gasteiger partial charge in [0.05, 0.1) is 18.7 Å². The van der Waals surface area contributed by atoms with Crippen molar-refractivity contribution < 1.29 is 37.3 Å². The molecule has 8 nitrogen and oxygen atoms in total. The lowest BCUT2D eigenvalue weighted by Crippen LogP contribution is -2.50. The van der Waals surface area contributed by atoms with Crippen LogP contribution >= 0.6 is 0 Å². The number of carbonyl (C=O) groups excluding carboxylic acids is 1. The van der Waals surface area contributed by atoms with Gasteiger partial charge < -0.3 is 24.8 Å². The molecule has 5 atom stereocenters. The zero-order valence-electron chi connectivity index (χ0n) is 24.3. The number of rotatable bonds is 8. The van der Waals surface area contributed by atoms with Crippen LogP contribution in [0.4, 0.5) is 13.2 Å². The van der Waals surface area contributed by atoms with E-state index >= 15 is 0 Å². The number of alkyl halides is 3. The number of benzene rings is 1. The first-order valence-corrected chi connectivity index (χ1v) is 14.4. The second-order valence-electron chi connectivity index (χ2n) is 12.6. The Bertz CT molecular complexity index is 1320. The van der Waals surface area contributed by atoms with E-state index in [0.29, 0.717) is 19.4 Å². The van der Waals surface area contributed by atoms with E-state index in [1.54, 1.807) is 12.3 Å². The van der Waals surface area contributed by atoms with Gasteiger partial charge in [0.15, 0.2) is 0 Å². The highest BCUT2D eigenvalue weighted by Gasteiger charge is 2.59. The van der Waals surface area contributed by atoms with Crippen LogP contribution in [0.3, 0.4) is 0 Å². The third kappa shape index (κ3) is 5.86. The molecule has 11 heteroatoms. The summed E-state index contributed by atoms with van der Waals surface area (Å²) in [5.74, 6) is -1.63. The number of amides is 1. The zero-order valence-corrected chi connectivity index (χ0v) is 24.3. The van der Waals surface area contributed by atoms with E-state index in [1.165, 1.54) is 18.1 Å². The minimum atomic E-state index is -4.54. The summed E-state index contributed by atoms with van der Waals surface area (Å²) in [6.07, 6.45) is -0.507. The molecule has 3 fully saturated rings. The first-order chi connectivity index (χ1) is 19.8. The summed E-state index contributed by atoms with van der Waals surface area (Å²) in [5, 5.41) is 14.1. The molecule has 0 radical (unpaired) electrons. The third-order valence-electron chi connectivity index (χ3n) is 8.67. The highest BCUT2D eigenvalue weighted by molar-refractivity contribution is 5.88. The third-order valence-corrected chi connectivity index (χ3v) is 8.67. The maximum Gasteiger partial charge on any atom is 0.416 e. The highest BCUT2D eigenvalue weighted by atomic mass is 19.4. The lowest BCUT2D eigenvalue weighted by Gasteiger charge is -2.35. The predicted molar refractivity (Wildman–Crippen MR) is 148 cm³/mol. The zero-order chi connectivity index (χ0) is 30.4. The number of hydrogen-bond donors (Lipinski definition) is 2. The van der Waals surface area contributed by atoms with Gasteiger partial charge in [-0.15, -0.1) is 0 Å². The molecule has 2 N–H and O–H groups in total. The molecule has 42 heavy (non-hydrogen) atoms. The normalized spacial score (nSPS) is 26.5. The quantitative estimate of drug-likeness (QED) is 0.430. The van der Waals surface area contributed by atoms with E-state index in [9.17, 15) is 27.9 Å². The first-order valence-electron chi connectivity index (χ1n) is 14.4. The molecule has 228 valence electrons. The molecule has 2 saturated heterocycles. The molecule has 2 aromatic rings. The van der Waals surface area contributed by atoms with Crippen molar-refractivity contribution in [3.63, 3.8) is 0 Å². The Morgan fingerprint density at radius 2 is 1.90 bits per heavy atom. The van der Waals surface area contributed by atoms with Gasteiger partial charge in [-0.05, 0) is 60.9 Å². The molecule has 1 aromatic carbocycles. The maximum atomic E-state index is 14.1. The second kappa shape index (κ2) is 11.5. The van der Waals surface area contributed by atoms with Crippen molar-refractivity contribution in [1.82, 2.24) is 15.2 Å². The number of nitrogens with zero attached hydrogens (tertiary/aromatic N) is 2. The number of methoxy groups -OCH3 is 1. The Balaban J connectivity index is 1.63. The van der Waals surface area contributed by atoms with E-state index in [-0.39, 0.29) is 29.7 Å². The van der Waals surface area contributed by atoms with Crippen LogP contribution in [-0.4, -0.2) is 58.8 Å². The molecule has 0 spiro atoms. The van der Waals surface area contributed by atoms with Crippen LogP contribution in [0.25, 0.3) is 0 Å². The number of aliphatic carboxylic acids is 1. The largest absolute Gasteiger partial charge is 0.496 e. The van der Waals surface area contributed by atoms with Gasteiger partial charge in [0.2, 0.25) is 0 Å². The molecule has 2 aliphatic heterocycles. The summed E-state index contributed by atoms with van der Waals surface area (Å²) < 4.78 is 52.0. The van der Waals surface area contributed by atoms with Crippen molar-refractivity contribution in [2.75, 3.05) is 13.7 Å². The Morgan fingerprint density at radius 3 is 2.48 bits per heavy atom. The molecule has 1 aliphatic carbocycles. The van der Waals surface area contributed by atoms with Crippen LogP contribution in [0.5, 0.6) is 5.75 Å². The van der Waals surface area contributed by atoms with Crippen molar-refractivity contribution in [2.45, 2.75) is 89.3 Å². The van der Waals surface area contributed by atoms with E-state index in [2.05, 4.69) is 10.3 Å². The first kappa shape index (κ1) is 30.3. The van der Waals surface area contributed by atoms with Crippen LogP contribution in [0.15, 0.2) is 36.5 Å². The number of likely N-dealkylation sites (tertiary alicyclic amines) is 1. The number of pyridine rings is 1. The number of hydrogen-bond acceptors (Lipinski definition) is 6. The van der Waals surface area contributed by atoms with Crippen LogP contribution in [0.2, 0.25) is 0 Å². The van der Waals surface area contributed by atoms with Gasteiger partial charge in [-0.1, -0.05) is 26.8 Å². The number of nitrogens with one attached hydrogen (secondary N) is 1. The summed E-state index contributed by atoms with van der Waals surface area (Å²) in [7, 11) is 1.39. The molecule has 0 unspecified atom stereocenters. The summed E-state index contributed by atoms with van der Waals surface area (Å²) in [5.41, 5.74) is 0.456. The van der Waals surface area contributed by atoms with E-state index in [0.717, 1.165) is 36.2 Å². The second-order valence-corrected chi connectivity index (χ2v) is 12.6. The van der Waals surface area contributed by atoms with Gasteiger partial charge in [-0.2, -0.15) is 13.2 Å². The van der Waals surface area contributed by atoms with Crippen molar-refractivity contribution >= 4 is 11.9 Å². The molecule has 1 saturated carbocycles. The monoisotopic (exact) mass is 589 g/mol. The van der Waals surface area contributed by atoms with Crippen molar-refractivity contribution in [2.24, 2.45) is 11.3 Å². The van der Waals surface area contributed by atoms with E-state index in [1.807, 2.05) is 26.8 Å². The molecule has 3 aliphatic rings. The molecule has 0 bridgehead atoms. The van der Waals surface area contributed by atoms with Crippen LogP contribution in [0, 0.1) is 11.3 Å². The van der Waals surface area contributed by atoms with E-state index in [4.69, 9.17) is 9.47 Å². The van der Waals surface area contributed by atoms with Gasteiger partial charge in [0, 0.05) is 48.5 Å². The SMILES string of the molecule is COc1ccc(C(F)(F)F)cc1CN[C@H]1[C@H](C(C)(C)C)[C@@H](C(=O)O)N(C(=O)[C@@H]2CCCO2)[C@H]1c1cccnc1C1CC1. The Morgan fingerprint density at radius 1 is 1.17 bits per heavy atom. The van der Waals surface area contributed by atoms with E-state index < -0.39 is 53.3 Å². The number of carboxylic acids is 1. The minimum Gasteiger partial charge on any atom is -0.496 e. The van der Waals surface area contributed by atoms with Gasteiger partial charge in [0.25, 0.3) is 5.91 Å². The average Bonchev–Trinajstić information content (AvgIpc) is 3.50. The molecular weight excluding hydrogens is 551 g/mol. The van der Waals surface area contributed by atoms with Gasteiger partial charge >= 0.3 is 12.1 Å². The number of carboxylic acid groups (broad SMARTS) is 1. The molecule has 1 aromatic heterocycles. The van der Waals surface area contributed by atoms with Crippen molar-refractivity contribution in [3.8, 4) is 5.75 Å². The predicted octanol–water partition coefficient (Wildman–Crippen LogP) is 5.32. The number of carbonyl (C=O) groups is 2. The fourth-order valence-electron chi connectivity index (χ4n) is 6.69. The summed E-state index contributed by atoms with van der Waals surface area (Å²) in [6.45, 7) is 6.17. The number of aromatic nitrogens is 1.